The molecule has 1 atom stereocenters. The molecule has 3 aromatic carbocycles. The Bertz CT molecular complexity index is 1010. The van der Waals surface area contributed by atoms with Crippen molar-refractivity contribution in [2.45, 2.75) is 19.0 Å². The van der Waals surface area contributed by atoms with Gasteiger partial charge in [0, 0.05) is 6.54 Å². The maximum atomic E-state index is 12.7. The highest BCUT2D eigenvalue weighted by molar-refractivity contribution is 6.33. The Balaban J connectivity index is 1.69. The van der Waals surface area contributed by atoms with Crippen LogP contribution in [0.3, 0.4) is 0 Å². The van der Waals surface area contributed by atoms with Gasteiger partial charge in [0.1, 0.15) is 5.75 Å². The molecule has 0 saturated carbocycles. The molecule has 0 heterocycles. The number of carbonyl (C=O) groups excluding carboxylic acids is 2. The van der Waals surface area contributed by atoms with E-state index >= 15 is 0 Å². The molecule has 0 bridgehead atoms. The normalized spacial score (nSPS) is 11.4. The highest BCUT2D eigenvalue weighted by Crippen LogP contribution is 2.20. The summed E-state index contributed by atoms with van der Waals surface area (Å²) in [6.07, 6.45) is 0.101. The van der Waals surface area contributed by atoms with E-state index in [1.165, 1.54) is 0 Å². The van der Waals surface area contributed by atoms with Crippen molar-refractivity contribution in [2.24, 2.45) is 0 Å². The molecule has 0 saturated heterocycles. The Hall–Kier alpha value is -3.31. The van der Waals surface area contributed by atoms with Gasteiger partial charge in [0.15, 0.2) is 0 Å². The van der Waals surface area contributed by atoms with E-state index in [0.29, 0.717) is 17.1 Å². The minimum atomic E-state index is -0.486. The van der Waals surface area contributed by atoms with E-state index in [2.05, 4.69) is 10.6 Å². The maximum absolute atomic E-state index is 12.7. The van der Waals surface area contributed by atoms with Crippen LogP contribution in [0.4, 0.5) is 0 Å². The first-order valence-corrected chi connectivity index (χ1v) is 9.94. The van der Waals surface area contributed by atoms with Gasteiger partial charge in [-0.15, -0.1) is 0 Å². The predicted octanol–water partition coefficient (Wildman–Crippen LogP) is 4.53. The minimum absolute atomic E-state index is 0.101. The summed E-state index contributed by atoms with van der Waals surface area (Å²) in [4.78, 5) is 25.4. The third-order valence-electron chi connectivity index (χ3n) is 4.64. The average molecular weight is 423 g/mol. The van der Waals surface area contributed by atoms with Crippen LogP contribution in [0.5, 0.6) is 5.75 Å². The van der Waals surface area contributed by atoms with Gasteiger partial charge in [-0.25, -0.2) is 0 Å². The second-order valence-electron chi connectivity index (χ2n) is 6.75. The third-order valence-corrected chi connectivity index (χ3v) is 4.97. The van der Waals surface area contributed by atoms with Crippen molar-refractivity contribution in [3.05, 3.63) is 101 Å². The molecule has 1 unspecified atom stereocenters. The van der Waals surface area contributed by atoms with Crippen LogP contribution in [-0.2, 0) is 11.3 Å². The number of nitrogens with one attached hydrogen (secondary N) is 2. The van der Waals surface area contributed by atoms with Crippen molar-refractivity contribution in [1.82, 2.24) is 10.6 Å². The highest BCUT2D eigenvalue weighted by atomic mass is 35.5. The number of carbonyl (C=O) groups is 2. The van der Waals surface area contributed by atoms with E-state index < -0.39 is 6.04 Å². The monoisotopic (exact) mass is 422 g/mol. The first-order chi connectivity index (χ1) is 14.6. The number of hydrogen-bond donors (Lipinski definition) is 2. The van der Waals surface area contributed by atoms with Gasteiger partial charge >= 0.3 is 0 Å². The Morgan fingerprint density at radius 3 is 2.43 bits per heavy atom. The lowest BCUT2D eigenvalue weighted by Crippen LogP contribution is -2.33. The number of amides is 2. The van der Waals surface area contributed by atoms with Crippen LogP contribution in [0.15, 0.2) is 78.9 Å². The lowest BCUT2D eigenvalue weighted by Gasteiger charge is -2.19. The summed E-state index contributed by atoms with van der Waals surface area (Å²) in [7, 11) is 1.60. The van der Waals surface area contributed by atoms with E-state index in [0.717, 1.165) is 16.9 Å². The van der Waals surface area contributed by atoms with E-state index in [1.54, 1.807) is 31.4 Å². The second kappa shape index (κ2) is 10.5. The molecule has 0 fully saturated rings. The Morgan fingerprint density at radius 1 is 0.967 bits per heavy atom. The van der Waals surface area contributed by atoms with Crippen LogP contribution < -0.4 is 15.4 Å². The van der Waals surface area contributed by atoms with Gasteiger partial charge in [-0.3, -0.25) is 9.59 Å². The molecule has 6 heteroatoms. The molecule has 0 aliphatic rings. The molecule has 3 aromatic rings. The molecule has 2 amide bonds. The quantitative estimate of drug-likeness (QED) is 0.560. The first kappa shape index (κ1) is 21.4. The molecule has 0 aliphatic carbocycles. The Morgan fingerprint density at radius 2 is 1.70 bits per heavy atom. The van der Waals surface area contributed by atoms with Crippen molar-refractivity contribution in [1.29, 1.82) is 0 Å². The molecular weight excluding hydrogens is 400 g/mol. The summed E-state index contributed by atoms with van der Waals surface area (Å²) in [6.45, 7) is 0.371. The number of methoxy groups -OCH3 is 1. The van der Waals surface area contributed by atoms with Crippen LogP contribution in [0.1, 0.15) is 33.9 Å². The molecule has 0 radical (unpaired) electrons. The lowest BCUT2D eigenvalue weighted by atomic mass is 10.0. The molecule has 154 valence electrons. The standard InChI is InChI=1S/C24H23ClN2O3/c1-30-19-11-7-8-17(14-19)16-26-23(28)15-22(18-9-3-2-4-10-18)27-24(29)20-12-5-6-13-21(20)25/h2-14,22H,15-16H2,1H3,(H,26,28)(H,27,29). The van der Waals surface area contributed by atoms with Crippen molar-refractivity contribution in [2.75, 3.05) is 7.11 Å². The van der Waals surface area contributed by atoms with Gasteiger partial charge in [-0.1, -0.05) is 66.2 Å². The van der Waals surface area contributed by atoms with Crippen LogP contribution in [0.25, 0.3) is 0 Å². The summed E-state index contributed by atoms with van der Waals surface area (Å²) in [6, 6.07) is 23.2. The number of hydrogen-bond acceptors (Lipinski definition) is 3. The van der Waals surface area contributed by atoms with Crippen LogP contribution in [-0.4, -0.2) is 18.9 Å². The largest absolute Gasteiger partial charge is 0.497 e. The van der Waals surface area contributed by atoms with E-state index in [4.69, 9.17) is 16.3 Å². The van der Waals surface area contributed by atoms with Crippen LogP contribution >= 0.6 is 11.6 Å². The Kier molecular flexibility index (Phi) is 7.46. The molecule has 5 nitrogen and oxygen atoms in total. The van der Waals surface area contributed by atoms with E-state index in [-0.39, 0.29) is 18.2 Å². The van der Waals surface area contributed by atoms with Gasteiger partial charge in [0.25, 0.3) is 5.91 Å². The van der Waals surface area contributed by atoms with Crippen molar-refractivity contribution in [3.8, 4) is 5.75 Å². The topological polar surface area (TPSA) is 67.4 Å². The van der Waals surface area contributed by atoms with E-state index in [1.807, 2.05) is 54.6 Å². The molecule has 2 N–H and O–H groups in total. The van der Waals surface area contributed by atoms with Crippen LogP contribution in [0.2, 0.25) is 5.02 Å². The summed E-state index contributed by atoms with van der Waals surface area (Å²) in [5.74, 6) is 0.233. The van der Waals surface area contributed by atoms with Gasteiger partial charge in [0.2, 0.25) is 5.91 Å². The fraction of sp³-hybridized carbons (Fsp3) is 0.167. The average Bonchev–Trinajstić information content (AvgIpc) is 2.78. The second-order valence-corrected chi connectivity index (χ2v) is 7.16. The zero-order valence-electron chi connectivity index (χ0n) is 16.6. The molecule has 3 rings (SSSR count). The zero-order chi connectivity index (χ0) is 21.3. The van der Waals surface area contributed by atoms with Gasteiger partial charge in [-0.2, -0.15) is 0 Å². The van der Waals surface area contributed by atoms with Gasteiger partial charge in [0.05, 0.1) is 30.2 Å². The molecule has 0 aliphatic heterocycles. The molecular formula is C24H23ClN2O3. The van der Waals surface area contributed by atoms with Gasteiger partial charge < -0.3 is 15.4 Å². The summed E-state index contributed by atoms with van der Waals surface area (Å²) < 4.78 is 5.21. The number of halogens is 1. The number of ether oxygens (including phenoxy) is 1. The molecule has 0 aromatic heterocycles. The van der Waals surface area contributed by atoms with Gasteiger partial charge in [-0.05, 0) is 35.4 Å². The van der Waals surface area contributed by atoms with Crippen molar-refractivity contribution < 1.29 is 14.3 Å². The smallest absolute Gasteiger partial charge is 0.253 e. The number of benzene rings is 3. The SMILES string of the molecule is COc1cccc(CNC(=O)CC(NC(=O)c2ccccc2Cl)c2ccccc2)c1. The zero-order valence-corrected chi connectivity index (χ0v) is 17.4. The van der Waals surface area contributed by atoms with Crippen molar-refractivity contribution in [3.63, 3.8) is 0 Å². The summed E-state index contributed by atoms with van der Waals surface area (Å²) in [5.41, 5.74) is 2.14. The predicted molar refractivity (Wildman–Crippen MR) is 118 cm³/mol. The lowest BCUT2D eigenvalue weighted by molar-refractivity contribution is -0.121. The highest BCUT2D eigenvalue weighted by Gasteiger charge is 2.20. The third kappa shape index (κ3) is 5.84. The van der Waals surface area contributed by atoms with E-state index in [9.17, 15) is 9.59 Å². The number of rotatable bonds is 8. The maximum Gasteiger partial charge on any atom is 0.253 e. The molecule has 30 heavy (non-hydrogen) atoms. The summed E-state index contributed by atoms with van der Waals surface area (Å²) in [5, 5.41) is 6.20. The fourth-order valence-corrected chi connectivity index (χ4v) is 3.28. The Labute approximate surface area is 181 Å². The van der Waals surface area contributed by atoms with Crippen LogP contribution in [0, 0.1) is 0 Å². The molecule has 0 spiro atoms. The van der Waals surface area contributed by atoms with Crippen molar-refractivity contribution >= 4 is 23.4 Å². The fourth-order valence-electron chi connectivity index (χ4n) is 3.06. The summed E-state index contributed by atoms with van der Waals surface area (Å²) >= 11 is 6.15. The minimum Gasteiger partial charge on any atom is -0.497 e. The first-order valence-electron chi connectivity index (χ1n) is 9.57.